The van der Waals surface area contributed by atoms with Gasteiger partial charge in [-0.3, -0.25) is 0 Å². The maximum atomic E-state index is 6.16. The molecule has 0 aromatic heterocycles. The van der Waals surface area contributed by atoms with Crippen LogP contribution in [0.25, 0.3) is 0 Å². The van der Waals surface area contributed by atoms with E-state index >= 15 is 0 Å². The summed E-state index contributed by atoms with van der Waals surface area (Å²) >= 11 is 3.50. The van der Waals surface area contributed by atoms with Gasteiger partial charge in [-0.1, -0.05) is 22.4 Å². The van der Waals surface area contributed by atoms with Gasteiger partial charge in [-0.15, -0.1) is 0 Å². The van der Waals surface area contributed by atoms with Gasteiger partial charge in [0.25, 0.3) is 0 Å². The van der Waals surface area contributed by atoms with Crippen molar-refractivity contribution in [1.82, 2.24) is 0 Å². The molecule has 17 heavy (non-hydrogen) atoms. The van der Waals surface area contributed by atoms with Gasteiger partial charge in [0.2, 0.25) is 0 Å². The Hall–Kier alpha value is -0.540. The van der Waals surface area contributed by atoms with Gasteiger partial charge in [0.05, 0.1) is 6.10 Å². The molecule has 1 fully saturated rings. The second-order valence-corrected chi connectivity index (χ2v) is 5.71. The molecular formula is C14H20BrNO. The Balaban J connectivity index is 2.18. The Kier molecular flexibility index (Phi) is 4.46. The van der Waals surface area contributed by atoms with Crippen molar-refractivity contribution in [2.75, 3.05) is 0 Å². The molecule has 3 heteroatoms. The van der Waals surface area contributed by atoms with Crippen LogP contribution in [0.15, 0.2) is 16.6 Å². The summed E-state index contributed by atoms with van der Waals surface area (Å²) in [7, 11) is 0. The second-order valence-electron chi connectivity index (χ2n) is 4.79. The lowest BCUT2D eigenvalue weighted by molar-refractivity contribution is 0.152. The quantitative estimate of drug-likeness (QED) is 0.917. The highest BCUT2D eigenvalue weighted by atomic mass is 79.9. The number of ether oxygens (including phenoxy) is 1. The van der Waals surface area contributed by atoms with Gasteiger partial charge in [0, 0.05) is 16.6 Å². The molecule has 0 aliphatic heterocycles. The Labute approximate surface area is 112 Å². The average Bonchev–Trinajstić information content (AvgIpc) is 2.33. The van der Waals surface area contributed by atoms with Crippen LogP contribution in [0, 0.1) is 6.92 Å². The molecule has 1 aromatic carbocycles. The molecule has 1 saturated carbocycles. The van der Waals surface area contributed by atoms with Gasteiger partial charge in [-0.2, -0.15) is 0 Å². The predicted molar refractivity (Wildman–Crippen MR) is 74.3 cm³/mol. The van der Waals surface area contributed by atoms with Crippen LogP contribution in [0.4, 0.5) is 0 Å². The summed E-state index contributed by atoms with van der Waals surface area (Å²) in [4.78, 5) is 0. The number of rotatable bonds is 3. The molecule has 2 N–H and O–H groups in total. The minimum absolute atomic E-state index is 0.383. The first-order valence-corrected chi connectivity index (χ1v) is 7.15. The molecule has 94 valence electrons. The smallest absolute Gasteiger partial charge is 0.127 e. The number of nitrogens with two attached hydrogens (primary N) is 1. The van der Waals surface area contributed by atoms with E-state index in [0.29, 0.717) is 12.6 Å². The van der Waals surface area contributed by atoms with Crippen molar-refractivity contribution in [2.24, 2.45) is 5.73 Å². The lowest BCUT2D eigenvalue weighted by Gasteiger charge is -2.25. The third-order valence-corrected chi connectivity index (χ3v) is 3.83. The molecule has 0 radical (unpaired) electrons. The lowest BCUT2D eigenvalue weighted by Crippen LogP contribution is -2.21. The first-order chi connectivity index (χ1) is 8.20. The third kappa shape index (κ3) is 3.23. The van der Waals surface area contributed by atoms with Crippen LogP contribution in [-0.4, -0.2) is 6.10 Å². The van der Waals surface area contributed by atoms with Gasteiger partial charge in [-0.25, -0.2) is 0 Å². The standard InChI is InChI=1S/C14H20BrNO/c1-10-7-12(15)8-11(9-16)14(10)17-13-5-3-2-4-6-13/h7-8,13H,2-6,9,16H2,1H3. The summed E-state index contributed by atoms with van der Waals surface area (Å²) in [6.07, 6.45) is 6.67. The monoisotopic (exact) mass is 297 g/mol. The fourth-order valence-corrected chi connectivity index (χ4v) is 3.09. The van der Waals surface area contributed by atoms with E-state index in [2.05, 4.69) is 35.0 Å². The Bertz CT molecular complexity index is 386. The molecule has 0 atom stereocenters. The first-order valence-electron chi connectivity index (χ1n) is 6.36. The van der Waals surface area contributed by atoms with Crippen molar-refractivity contribution >= 4 is 15.9 Å². The highest BCUT2D eigenvalue weighted by Crippen LogP contribution is 2.31. The van der Waals surface area contributed by atoms with Crippen molar-refractivity contribution in [3.8, 4) is 5.75 Å². The fourth-order valence-electron chi connectivity index (χ4n) is 2.47. The van der Waals surface area contributed by atoms with E-state index in [1.54, 1.807) is 0 Å². The van der Waals surface area contributed by atoms with E-state index in [1.807, 2.05) is 0 Å². The topological polar surface area (TPSA) is 35.2 Å². The number of benzene rings is 1. The minimum Gasteiger partial charge on any atom is -0.490 e. The highest BCUT2D eigenvalue weighted by Gasteiger charge is 2.17. The lowest BCUT2D eigenvalue weighted by atomic mass is 9.97. The fraction of sp³-hybridized carbons (Fsp3) is 0.571. The molecule has 1 aliphatic rings. The van der Waals surface area contributed by atoms with Gasteiger partial charge in [0.1, 0.15) is 5.75 Å². The minimum atomic E-state index is 0.383. The maximum Gasteiger partial charge on any atom is 0.127 e. The summed E-state index contributed by atoms with van der Waals surface area (Å²) in [5, 5.41) is 0. The molecule has 0 saturated heterocycles. The molecule has 1 aliphatic carbocycles. The molecule has 0 unspecified atom stereocenters. The van der Waals surface area contributed by atoms with Crippen LogP contribution in [0.5, 0.6) is 5.75 Å². The summed E-state index contributed by atoms with van der Waals surface area (Å²) in [6.45, 7) is 2.62. The van der Waals surface area contributed by atoms with Crippen molar-refractivity contribution in [2.45, 2.75) is 51.7 Å². The van der Waals surface area contributed by atoms with Gasteiger partial charge in [-0.05, 0) is 50.3 Å². The number of halogens is 1. The van der Waals surface area contributed by atoms with Gasteiger partial charge >= 0.3 is 0 Å². The maximum absolute atomic E-state index is 6.16. The van der Waals surface area contributed by atoms with Crippen molar-refractivity contribution < 1.29 is 4.74 Å². The van der Waals surface area contributed by atoms with Crippen LogP contribution in [0.2, 0.25) is 0 Å². The van der Waals surface area contributed by atoms with E-state index in [-0.39, 0.29) is 0 Å². The first kappa shape index (κ1) is 12.9. The molecule has 1 aromatic rings. The largest absolute Gasteiger partial charge is 0.490 e. The third-order valence-electron chi connectivity index (χ3n) is 3.37. The van der Waals surface area contributed by atoms with Crippen molar-refractivity contribution in [1.29, 1.82) is 0 Å². The molecule has 2 rings (SSSR count). The van der Waals surface area contributed by atoms with Crippen molar-refractivity contribution in [3.05, 3.63) is 27.7 Å². The molecule has 0 heterocycles. The molecule has 0 spiro atoms. The normalized spacial score (nSPS) is 17.1. The van der Waals surface area contributed by atoms with Crippen LogP contribution >= 0.6 is 15.9 Å². The van der Waals surface area contributed by atoms with Crippen LogP contribution in [-0.2, 0) is 6.54 Å². The molecule has 0 bridgehead atoms. The van der Waals surface area contributed by atoms with E-state index in [0.717, 1.165) is 15.8 Å². The molecule has 0 amide bonds. The Morgan fingerprint density at radius 2 is 2.00 bits per heavy atom. The van der Waals surface area contributed by atoms with E-state index < -0.39 is 0 Å². The molecule has 2 nitrogen and oxygen atoms in total. The SMILES string of the molecule is Cc1cc(Br)cc(CN)c1OC1CCCCC1. The van der Waals surface area contributed by atoms with Crippen LogP contribution in [0.1, 0.15) is 43.2 Å². The Morgan fingerprint density at radius 1 is 1.29 bits per heavy atom. The van der Waals surface area contributed by atoms with Crippen LogP contribution in [0.3, 0.4) is 0 Å². The summed E-state index contributed by atoms with van der Waals surface area (Å²) in [5.74, 6) is 1.00. The summed E-state index contributed by atoms with van der Waals surface area (Å²) < 4.78 is 7.24. The highest BCUT2D eigenvalue weighted by molar-refractivity contribution is 9.10. The zero-order chi connectivity index (χ0) is 12.3. The van der Waals surface area contributed by atoms with Crippen LogP contribution < -0.4 is 10.5 Å². The Morgan fingerprint density at radius 3 is 2.65 bits per heavy atom. The zero-order valence-corrected chi connectivity index (χ0v) is 11.9. The van der Waals surface area contributed by atoms with E-state index in [1.165, 1.54) is 37.7 Å². The number of hydrogen-bond donors (Lipinski definition) is 1. The number of hydrogen-bond acceptors (Lipinski definition) is 2. The summed E-state index contributed by atoms with van der Waals surface area (Å²) in [6, 6.07) is 4.16. The molecular weight excluding hydrogens is 278 g/mol. The number of aryl methyl sites for hydroxylation is 1. The second kappa shape index (κ2) is 5.87. The predicted octanol–water partition coefficient (Wildman–Crippen LogP) is 3.93. The van der Waals surface area contributed by atoms with E-state index in [4.69, 9.17) is 10.5 Å². The zero-order valence-electron chi connectivity index (χ0n) is 10.3. The van der Waals surface area contributed by atoms with Gasteiger partial charge < -0.3 is 10.5 Å². The van der Waals surface area contributed by atoms with Gasteiger partial charge in [0.15, 0.2) is 0 Å². The summed E-state index contributed by atoms with van der Waals surface area (Å²) in [5.41, 5.74) is 8.06. The van der Waals surface area contributed by atoms with E-state index in [9.17, 15) is 0 Å². The van der Waals surface area contributed by atoms with Crippen molar-refractivity contribution in [3.63, 3.8) is 0 Å². The average molecular weight is 298 g/mol.